The van der Waals surface area contributed by atoms with Crippen LogP contribution < -0.4 is 5.84 Å². The quantitative estimate of drug-likeness (QED) is 0.509. The summed E-state index contributed by atoms with van der Waals surface area (Å²) in [5, 5.41) is 1.29. The second kappa shape index (κ2) is 4.14. The fourth-order valence-electron chi connectivity index (χ4n) is 2.01. The number of hydrogen-bond acceptors (Lipinski definition) is 3. The lowest BCUT2D eigenvalue weighted by molar-refractivity contribution is 0.0632. The molecule has 2 fully saturated rings. The average molecular weight is 199 g/mol. The molecule has 5 nitrogen and oxygen atoms in total. The highest BCUT2D eigenvalue weighted by molar-refractivity contribution is 5.74. The summed E-state index contributed by atoms with van der Waals surface area (Å²) < 4.78 is 5.49. The van der Waals surface area contributed by atoms with E-state index >= 15 is 0 Å². The molecule has 2 N–H and O–H groups in total. The van der Waals surface area contributed by atoms with Gasteiger partial charge in [0.1, 0.15) is 0 Å². The fourth-order valence-corrected chi connectivity index (χ4v) is 2.01. The number of hydrazine groups is 1. The Bertz CT molecular complexity index is 216. The fraction of sp³-hybridized carbons (Fsp3) is 0.889. The van der Waals surface area contributed by atoms with Crippen LogP contribution >= 0.6 is 0 Å². The van der Waals surface area contributed by atoms with E-state index in [1.165, 1.54) is 5.01 Å². The van der Waals surface area contributed by atoms with Crippen molar-refractivity contribution in [3.8, 4) is 0 Å². The molecule has 2 aliphatic rings. The van der Waals surface area contributed by atoms with Crippen LogP contribution in [0.5, 0.6) is 0 Å². The van der Waals surface area contributed by atoms with Gasteiger partial charge in [-0.15, -0.1) is 0 Å². The Morgan fingerprint density at radius 1 is 1.43 bits per heavy atom. The van der Waals surface area contributed by atoms with Gasteiger partial charge in [-0.25, -0.2) is 10.6 Å². The molecule has 2 aliphatic heterocycles. The van der Waals surface area contributed by atoms with Gasteiger partial charge in [0.15, 0.2) is 0 Å². The van der Waals surface area contributed by atoms with Crippen LogP contribution in [0.3, 0.4) is 0 Å². The number of carbonyl (C=O) groups excluding carboxylic acids is 1. The van der Waals surface area contributed by atoms with Crippen molar-refractivity contribution in [1.82, 2.24) is 9.91 Å². The SMILES string of the molecule is NN1CCCN(CC2CCCO2)C1=O. The molecule has 2 amide bonds. The Labute approximate surface area is 83.8 Å². The number of rotatable bonds is 2. The molecule has 14 heavy (non-hydrogen) atoms. The molecular formula is C9H17N3O2. The summed E-state index contributed by atoms with van der Waals surface area (Å²) in [6.07, 6.45) is 3.35. The highest BCUT2D eigenvalue weighted by Gasteiger charge is 2.27. The molecule has 0 radical (unpaired) electrons. The van der Waals surface area contributed by atoms with E-state index < -0.39 is 0 Å². The van der Waals surface area contributed by atoms with E-state index in [4.69, 9.17) is 10.6 Å². The third-order valence-electron chi connectivity index (χ3n) is 2.79. The van der Waals surface area contributed by atoms with Crippen LogP contribution in [0.25, 0.3) is 0 Å². The van der Waals surface area contributed by atoms with Crippen molar-refractivity contribution >= 4 is 6.03 Å². The van der Waals surface area contributed by atoms with Crippen molar-refractivity contribution in [2.75, 3.05) is 26.2 Å². The largest absolute Gasteiger partial charge is 0.376 e. The Balaban J connectivity index is 1.86. The van der Waals surface area contributed by atoms with Gasteiger partial charge in [0.05, 0.1) is 6.10 Å². The highest BCUT2D eigenvalue weighted by atomic mass is 16.5. The number of nitrogens with zero attached hydrogens (tertiary/aromatic N) is 2. The predicted molar refractivity (Wildman–Crippen MR) is 51.5 cm³/mol. The molecule has 1 atom stereocenters. The first-order valence-corrected chi connectivity index (χ1v) is 5.20. The summed E-state index contributed by atoms with van der Waals surface area (Å²) >= 11 is 0. The summed E-state index contributed by atoms with van der Waals surface area (Å²) in [4.78, 5) is 13.4. The maximum absolute atomic E-state index is 11.6. The first-order valence-electron chi connectivity index (χ1n) is 5.20. The molecule has 1 unspecified atom stereocenters. The lowest BCUT2D eigenvalue weighted by atomic mass is 10.2. The minimum absolute atomic E-state index is 0.0632. The average Bonchev–Trinajstić information content (AvgIpc) is 2.66. The van der Waals surface area contributed by atoms with Gasteiger partial charge in [0.25, 0.3) is 0 Å². The van der Waals surface area contributed by atoms with E-state index in [-0.39, 0.29) is 12.1 Å². The normalized spacial score (nSPS) is 28.6. The van der Waals surface area contributed by atoms with Crippen LogP contribution in [-0.2, 0) is 4.74 Å². The zero-order valence-corrected chi connectivity index (χ0v) is 8.32. The summed E-state index contributed by atoms with van der Waals surface area (Å²) in [5.74, 6) is 5.54. The lowest BCUT2D eigenvalue weighted by Gasteiger charge is -2.33. The minimum atomic E-state index is -0.0632. The van der Waals surface area contributed by atoms with Gasteiger partial charge >= 0.3 is 6.03 Å². The van der Waals surface area contributed by atoms with Crippen LogP contribution in [0.2, 0.25) is 0 Å². The first-order chi connectivity index (χ1) is 6.77. The molecule has 2 saturated heterocycles. The second-order valence-electron chi connectivity index (χ2n) is 3.91. The van der Waals surface area contributed by atoms with Crippen LogP contribution in [0, 0.1) is 0 Å². The van der Waals surface area contributed by atoms with Crippen LogP contribution in [0.15, 0.2) is 0 Å². The molecule has 0 aromatic rings. The maximum atomic E-state index is 11.6. The van der Waals surface area contributed by atoms with Gasteiger partial charge in [-0.3, -0.25) is 5.01 Å². The van der Waals surface area contributed by atoms with E-state index in [2.05, 4.69) is 0 Å². The summed E-state index contributed by atoms with van der Waals surface area (Å²) in [5.41, 5.74) is 0. The molecule has 0 spiro atoms. The Hall–Kier alpha value is -0.810. The number of amides is 2. The lowest BCUT2D eigenvalue weighted by Crippen LogP contribution is -2.54. The minimum Gasteiger partial charge on any atom is -0.376 e. The van der Waals surface area contributed by atoms with E-state index in [0.29, 0.717) is 13.1 Å². The summed E-state index contributed by atoms with van der Waals surface area (Å²) in [6.45, 7) is 3.01. The Kier molecular flexibility index (Phi) is 2.88. The number of urea groups is 1. The number of ether oxygens (including phenoxy) is 1. The van der Waals surface area contributed by atoms with Crippen LogP contribution in [-0.4, -0.2) is 48.3 Å². The Morgan fingerprint density at radius 2 is 2.29 bits per heavy atom. The standard InChI is InChI=1S/C9H17N3O2/c10-12-5-2-4-11(9(12)13)7-8-3-1-6-14-8/h8H,1-7,10H2. The van der Waals surface area contributed by atoms with Crippen molar-refractivity contribution in [3.63, 3.8) is 0 Å². The van der Waals surface area contributed by atoms with Gasteiger partial charge in [0.2, 0.25) is 0 Å². The number of nitrogens with two attached hydrogens (primary N) is 1. The first kappa shape index (κ1) is 9.73. The zero-order chi connectivity index (χ0) is 9.97. The molecule has 0 aliphatic carbocycles. The third kappa shape index (κ3) is 1.99. The maximum Gasteiger partial charge on any atom is 0.334 e. The van der Waals surface area contributed by atoms with Crippen molar-refractivity contribution in [3.05, 3.63) is 0 Å². The van der Waals surface area contributed by atoms with Crippen molar-refractivity contribution in [2.24, 2.45) is 5.84 Å². The van der Waals surface area contributed by atoms with Gasteiger partial charge < -0.3 is 9.64 Å². The van der Waals surface area contributed by atoms with Crippen molar-refractivity contribution < 1.29 is 9.53 Å². The van der Waals surface area contributed by atoms with Gasteiger partial charge in [-0.2, -0.15) is 0 Å². The van der Waals surface area contributed by atoms with E-state index in [1.54, 1.807) is 4.90 Å². The predicted octanol–water partition coefficient (Wildman–Crippen LogP) is 0.167. The Morgan fingerprint density at radius 3 is 3.00 bits per heavy atom. The molecule has 5 heteroatoms. The van der Waals surface area contributed by atoms with Gasteiger partial charge in [-0.05, 0) is 19.3 Å². The molecule has 2 rings (SSSR count). The van der Waals surface area contributed by atoms with E-state index in [1.807, 2.05) is 0 Å². The third-order valence-corrected chi connectivity index (χ3v) is 2.79. The molecule has 0 aromatic heterocycles. The van der Waals surface area contributed by atoms with E-state index in [0.717, 1.165) is 32.4 Å². The molecule has 0 bridgehead atoms. The molecule has 2 heterocycles. The van der Waals surface area contributed by atoms with Gasteiger partial charge in [0, 0.05) is 26.2 Å². The monoisotopic (exact) mass is 199 g/mol. The van der Waals surface area contributed by atoms with Gasteiger partial charge in [-0.1, -0.05) is 0 Å². The number of hydrogen-bond donors (Lipinski definition) is 1. The smallest absolute Gasteiger partial charge is 0.334 e. The second-order valence-corrected chi connectivity index (χ2v) is 3.91. The van der Waals surface area contributed by atoms with Crippen molar-refractivity contribution in [2.45, 2.75) is 25.4 Å². The summed E-state index contributed by atoms with van der Waals surface area (Å²) in [7, 11) is 0. The number of carbonyl (C=O) groups is 1. The van der Waals surface area contributed by atoms with Crippen molar-refractivity contribution in [1.29, 1.82) is 0 Å². The zero-order valence-electron chi connectivity index (χ0n) is 8.32. The molecule has 80 valence electrons. The van der Waals surface area contributed by atoms with Crippen LogP contribution in [0.1, 0.15) is 19.3 Å². The van der Waals surface area contributed by atoms with Crippen LogP contribution in [0.4, 0.5) is 4.79 Å². The van der Waals surface area contributed by atoms with E-state index in [9.17, 15) is 4.79 Å². The summed E-state index contributed by atoms with van der Waals surface area (Å²) in [6, 6.07) is -0.0632. The topological polar surface area (TPSA) is 58.8 Å². The molecular weight excluding hydrogens is 182 g/mol. The molecule has 0 saturated carbocycles. The highest BCUT2D eigenvalue weighted by Crippen LogP contribution is 2.15. The molecule has 0 aromatic carbocycles.